The van der Waals surface area contributed by atoms with E-state index in [1.165, 1.54) is 29.3 Å². The molecule has 162 valence electrons. The zero-order valence-corrected chi connectivity index (χ0v) is 17.1. The lowest BCUT2D eigenvalue weighted by Gasteiger charge is -2.14. The molecule has 6 nitrogen and oxygen atoms in total. The van der Waals surface area contributed by atoms with Gasteiger partial charge in [0.2, 0.25) is 17.7 Å². The summed E-state index contributed by atoms with van der Waals surface area (Å²) in [7, 11) is 0. The van der Waals surface area contributed by atoms with E-state index in [0.717, 1.165) is 23.8 Å². The van der Waals surface area contributed by atoms with E-state index in [0.29, 0.717) is 10.2 Å². The number of thiazole rings is 1. The summed E-state index contributed by atoms with van der Waals surface area (Å²) >= 11 is 1.13. The van der Waals surface area contributed by atoms with Gasteiger partial charge in [-0.1, -0.05) is 23.5 Å². The molecule has 3 heterocycles. The number of hydrogen-bond donors (Lipinski definition) is 0. The van der Waals surface area contributed by atoms with Crippen LogP contribution >= 0.6 is 11.3 Å². The number of allylic oxidation sites excluding steroid dienone is 2. The standard InChI is InChI=1S/C22H14F3N3O3S/c23-22(24,25)13-2-1-7-26-18(13)31-12-5-6-14-15(9-12)32-21(27-14)28-19(29)16-10-3-4-11(8-10)17(16)20(28)30/h1-7,9-11,16-17H,8H2/t10?,11?,16-,17+. The average Bonchev–Trinajstić information content (AvgIpc) is 3.50. The minimum Gasteiger partial charge on any atom is -0.438 e. The third-order valence-electron chi connectivity index (χ3n) is 6.30. The van der Waals surface area contributed by atoms with E-state index in [2.05, 4.69) is 9.97 Å². The van der Waals surface area contributed by atoms with Crippen molar-refractivity contribution in [2.45, 2.75) is 12.6 Å². The maximum absolute atomic E-state index is 13.2. The summed E-state index contributed by atoms with van der Waals surface area (Å²) in [5.74, 6) is -1.31. The summed E-state index contributed by atoms with van der Waals surface area (Å²) in [6, 6.07) is 6.68. The number of nitrogens with zero attached hydrogens (tertiary/aromatic N) is 3. The van der Waals surface area contributed by atoms with Crippen molar-refractivity contribution >= 4 is 38.5 Å². The topological polar surface area (TPSA) is 72.4 Å². The molecule has 2 fully saturated rings. The lowest BCUT2D eigenvalue weighted by Crippen LogP contribution is -2.32. The van der Waals surface area contributed by atoms with Crippen LogP contribution in [-0.2, 0) is 15.8 Å². The van der Waals surface area contributed by atoms with Crippen LogP contribution in [0.3, 0.4) is 0 Å². The minimum atomic E-state index is -4.60. The Morgan fingerprint density at radius 1 is 1.06 bits per heavy atom. The molecular weight excluding hydrogens is 443 g/mol. The summed E-state index contributed by atoms with van der Waals surface area (Å²) in [4.78, 5) is 35.3. The number of ether oxygens (including phenoxy) is 1. The molecule has 2 aromatic heterocycles. The number of hydrogen-bond acceptors (Lipinski definition) is 6. The fraction of sp³-hybridized carbons (Fsp3) is 0.273. The number of aromatic nitrogens is 2. The first kappa shape index (κ1) is 19.4. The highest BCUT2D eigenvalue weighted by Gasteiger charge is 2.60. The third-order valence-corrected chi connectivity index (χ3v) is 7.30. The Kier molecular flexibility index (Phi) is 4.01. The van der Waals surface area contributed by atoms with Gasteiger partial charge in [-0.05, 0) is 42.5 Å². The second kappa shape index (κ2) is 6.61. The summed E-state index contributed by atoms with van der Waals surface area (Å²) in [6.07, 6.45) is 1.50. The number of carbonyl (C=O) groups is 2. The van der Waals surface area contributed by atoms with Gasteiger partial charge in [0.25, 0.3) is 0 Å². The zero-order valence-electron chi connectivity index (χ0n) is 16.2. The van der Waals surface area contributed by atoms with Crippen LogP contribution in [0.4, 0.5) is 18.3 Å². The van der Waals surface area contributed by atoms with Gasteiger partial charge in [0.05, 0.1) is 22.1 Å². The fourth-order valence-electron chi connectivity index (χ4n) is 4.94. The van der Waals surface area contributed by atoms with Crippen LogP contribution in [0.5, 0.6) is 11.6 Å². The molecule has 1 aromatic carbocycles. The number of benzene rings is 1. The summed E-state index contributed by atoms with van der Waals surface area (Å²) < 4.78 is 45.6. The van der Waals surface area contributed by atoms with Crippen molar-refractivity contribution in [1.29, 1.82) is 0 Å². The van der Waals surface area contributed by atoms with Crippen LogP contribution in [0.15, 0.2) is 48.7 Å². The normalized spacial score (nSPS) is 26.4. The maximum atomic E-state index is 13.2. The quantitative estimate of drug-likeness (QED) is 0.417. The van der Waals surface area contributed by atoms with E-state index < -0.39 is 17.6 Å². The molecule has 1 saturated heterocycles. The Morgan fingerprint density at radius 3 is 2.47 bits per heavy atom. The molecule has 1 saturated carbocycles. The second-order valence-electron chi connectivity index (χ2n) is 8.09. The third kappa shape index (κ3) is 2.78. The molecule has 2 aliphatic carbocycles. The number of halogens is 3. The van der Waals surface area contributed by atoms with Crippen molar-refractivity contribution < 1.29 is 27.5 Å². The van der Waals surface area contributed by atoms with Crippen LogP contribution in [0, 0.1) is 23.7 Å². The lowest BCUT2D eigenvalue weighted by atomic mass is 9.85. The highest BCUT2D eigenvalue weighted by atomic mass is 32.1. The van der Waals surface area contributed by atoms with E-state index in [-0.39, 0.29) is 46.4 Å². The van der Waals surface area contributed by atoms with Crippen LogP contribution in [0.2, 0.25) is 0 Å². The smallest absolute Gasteiger partial charge is 0.421 e. The molecule has 2 bridgehead atoms. The first-order valence-corrected chi connectivity index (χ1v) is 10.8. The van der Waals surface area contributed by atoms with E-state index in [4.69, 9.17) is 4.74 Å². The van der Waals surface area contributed by atoms with E-state index in [1.807, 2.05) is 12.2 Å². The van der Waals surface area contributed by atoms with Gasteiger partial charge in [-0.25, -0.2) is 14.9 Å². The lowest BCUT2D eigenvalue weighted by molar-refractivity contribution is -0.139. The zero-order chi connectivity index (χ0) is 22.2. The van der Waals surface area contributed by atoms with Gasteiger partial charge in [0.15, 0.2) is 5.13 Å². The number of rotatable bonds is 3. The number of carbonyl (C=O) groups excluding carboxylic acids is 2. The molecule has 0 spiro atoms. The predicted octanol–water partition coefficient (Wildman–Crippen LogP) is 4.81. The van der Waals surface area contributed by atoms with Gasteiger partial charge in [-0.2, -0.15) is 13.2 Å². The summed E-state index contributed by atoms with van der Waals surface area (Å²) in [5.41, 5.74) is -0.457. The van der Waals surface area contributed by atoms with Gasteiger partial charge in [0, 0.05) is 12.3 Å². The Hall–Kier alpha value is -3.27. The molecular formula is C22H14F3N3O3S. The number of anilines is 1. The van der Waals surface area contributed by atoms with Crippen molar-refractivity contribution in [1.82, 2.24) is 9.97 Å². The molecule has 32 heavy (non-hydrogen) atoms. The first-order chi connectivity index (χ1) is 15.3. The SMILES string of the molecule is O=C1[C@@H]2C3C=CC(C3)[C@@H]2C(=O)N1c1nc2ccc(Oc3ncccc3C(F)(F)F)cc2s1. The predicted molar refractivity (Wildman–Crippen MR) is 109 cm³/mol. The maximum Gasteiger partial charge on any atom is 0.421 e. The van der Waals surface area contributed by atoms with Gasteiger partial charge in [-0.3, -0.25) is 9.59 Å². The molecule has 1 aliphatic heterocycles. The Labute approximate surface area is 183 Å². The second-order valence-corrected chi connectivity index (χ2v) is 9.10. The molecule has 2 unspecified atom stereocenters. The number of fused-ring (bicyclic) bond motifs is 6. The van der Waals surface area contributed by atoms with E-state index in [9.17, 15) is 22.8 Å². The van der Waals surface area contributed by atoms with Crippen molar-refractivity contribution in [3.8, 4) is 11.6 Å². The number of alkyl halides is 3. The summed E-state index contributed by atoms with van der Waals surface area (Å²) in [5, 5.41) is 0.273. The van der Waals surface area contributed by atoms with Crippen LogP contribution in [0.1, 0.15) is 12.0 Å². The number of pyridine rings is 1. The minimum absolute atomic E-state index is 0.0991. The van der Waals surface area contributed by atoms with Crippen molar-refractivity contribution in [2.24, 2.45) is 23.7 Å². The van der Waals surface area contributed by atoms with Crippen molar-refractivity contribution in [2.75, 3.05) is 4.90 Å². The number of amides is 2. The Bertz CT molecular complexity index is 1290. The van der Waals surface area contributed by atoms with Gasteiger partial charge < -0.3 is 4.74 Å². The largest absolute Gasteiger partial charge is 0.438 e. The van der Waals surface area contributed by atoms with Crippen LogP contribution in [-0.4, -0.2) is 21.8 Å². The van der Waals surface area contributed by atoms with Gasteiger partial charge >= 0.3 is 6.18 Å². The molecule has 4 atom stereocenters. The van der Waals surface area contributed by atoms with E-state index in [1.54, 1.807) is 6.07 Å². The molecule has 0 radical (unpaired) electrons. The molecule has 6 rings (SSSR count). The highest BCUT2D eigenvalue weighted by Crippen LogP contribution is 2.53. The first-order valence-electron chi connectivity index (χ1n) is 9.98. The van der Waals surface area contributed by atoms with Gasteiger partial charge in [-0.15, -0.1) is 0 Å². The Balaban J connectivity index is 1.32. The van der Waals surface area contributed by atoms with Crippen LogP contribution in [0.25, 0.3) is 10.2 Å². The van der Waals surface area contributed by atoms with Crippen molar-refractivity contribution in [3.05, 3.63) is 54.2 Å². The molecule has 0 N–H and O–H groups in total. The fourth-order valence-corrected chi connectivity index (χ4v) is 5.95. The average molecular weight is 457 g/mol. The Morgan fingerprint density at radius 2 is 1.78 bits per heavy atom. The van der Waals surface area contributed by atoms with E-state index >= 15 is 0 Å². The number of imide groups is 1. The molecule has 10 heteroatoms. The monoisotopic (exact) mass is 457 g/mol. The van der Waals surface area contributed by atoms with Gasteiger partial charge in [0.1, 0.15) is 11.3 Å². The molecule has 3 aliphatic rings. The van der Waals surface area contributed by atoms with Crippen molar-refractivity contribution in [3.63, 3.8) is 0 Å². The molecule has 3 aromatic rings. The highest BCUT2D eigenvalue weighted by molar-refractivity contribution is 7.22. The van der Waals surface area contributed by atoms with Crippen LogP contribution < -0.4 is 9.64 Å². The molecule has 2 amide bonds. The summed E-state index contributed by atoms with van der Waals surface area (Å²) in [6.45, 7) is 0.